The maximum atomic E-state index is 12.3. The van der Waals surface area contributed by atoms with Crippen LogP contribution in [0.15, 0.2) is 22.5 Å². The maximum Gasteiger partial charge on any atom is 0.215 e. The van der Waals surface area contributed by atoms with E-state index >= 15 is 0 Å². The third kappa shape index (κ3) is 5.94. The van der Waals surface area contributed by atoms with E-state index in [-0.39, 0.29) is 5.75 Å². The molecule has 2 heterocycles. The number of rotatable bonds is 7. The van der Waals surface area contributed by atoms with E-state index in [1.807, 2.05) is 6.07 Å². The third-order valence-electron chi connectivity index (χ3n) is 3.84. The highest BCUT2D eigenvalue weighted by atomic mass is 32.2. The van der Waals surface area contributed by atoms with E-state index in [4.69, 9.17) is 0 Å². The van der Waals surface area contributed by atoms with Crippen LogP contribution in [0.4, 0.5) is 0 Å². The second-order valence-corrected chi connectivity index (χ2v) is 9.92. The Morgan fingerprint density at radius 2 is 2.12 bits per heavy atom. The van der Waals surface area contributed by atoms with Crippen molar-refractivity contribution in [3.63, 3.8) is 0 Å². The molecule has 6 nitrogen and oxygen atoms in total. The smallest absolute Gasteiger partial charge is 0.215 e. The van der Waals surface area contributed by atoms with Crippen molar-refractivity contribution in [3.8, 4) is 0 Å². The molecule has 1 aromatic rings. The fourth-order valence-corrected chi connectivity index (χ4v) is 5.67. The van der Waals surface area contributed by atoms with Crippen molar-refractivity contribution in [2.75, 3.05) is 50.5 Å². The van der Waals surface area contributed by atoms with Gasteiger partial charge < -0.3 is 10.6 Å². The molecule has 1 unspecified atom stereocenters. The molecular weight excluding hydrogens is 364 g/mol. The lowest BCUT2D eigenvalue weighted by Crippen LogP contribution is -2.44. The van der Waals surface area contributed by atoms with Crippen molar-refractivity contribution >= 4 is 39.1 Å². The van der Waals surface area contributed by atoms with Gasteiger partial charge in [-0.25, -0.2) is 12.7 Å². The highest BCUT2D eigenvalue weighted by molar-refractivity contribution is 7.99. The first-order valence-electron chi connectivity index (χ1n) is 8.06. The molecule has 1 atom stereocenters. The molecule has 2 rings (SSSR count). The molecule has 0 spiro atoms. The number of sulfonamides is 1. The van der Waals surface area contributed by atoms with Gasteiger partial charge in [-0.2, -0.15) is 11.8 Å². The summed E-state index contributed by atoms with van der Waals surface area (Å²) in [5, 5.41) is 8.43. The molecule has 1 aliphatic rings. The quantitative estimate of drug-likeness (QED) is 0.544. The Morgan fingerprint density at radius 1 is 1.38 bits per heavy atom. The van der Waals surface area contributed by atoms with E-state index < -0.39 is 10.0 Å². The average Bonchev–Trinajstić information content (AvgIpc) is 3.13. The van der Waals surface area contributed by atoms with Crippen molar-refractivity contribution < 1.29 is 8.42 Å². The Labute approximate surface area is 153 Å². The van der Waals surface area contributed by atoms with Gasteiger partial charge in [0.1, 0.15) is 0 Å². The highest BCUT2D eigenvalue weighted by Crippen LogP contribution is 2.19. The van der Waals surface area contributed by atoms with Crippen molar-refractivity contribution in [1.82, 2.24) is 14.9 Å². The second-order valence-electron chi connectivity index (χ2n) is 5.62. The van der Waals surface area contributed by atoms with Gasteiger partial charge in [0.15, 0.2) is 5.96 Å². The van der Waals surface area contributed by atoms with Gasteiger partial charge >= 0.3 is 0 Å². The van der Waals surface area contributed by atoms with Crippen molar-refractivity contribution in [2.45, 2.75) is 12.8 Å². The topological polar surface area (TPSA) is 73.8 Å². The molecule has 0 radical (unpaired) electrons. The largest absolute Gasteiger partial charge is 0.356 e. The fraction of sp³-hybridized carbons (Fsp3) is 0.667. The molecule has 2 N–H and O–H groups in total. The van der Waals surface area contributed by atoms with Crippen LogP contribution in [0.3, 0.4) is 0 Å². The lowest BCUT2D eigenvalue weighted by Gasteiger charge is -2.25. The van der Waals surface area contributed by atoms with Crippen LogP contribution in [-0.4, -0.2) is 69.2 Å². The molecule has 1 saturated heterocycles. The van der Waals surface area contributed by atoms with E-state index in [0.29, 0.717) is 31.5 Å². The monoisotopic (exact) mass is 390 g/mol. The zero-order valence-electron chi connectivity index (χ0n) is 14.2. The van der Waals surface area contributed by atoms with E-state index in [1.165, 1.54) is 4.88 Å². The minimum absolute atomic E-state index is 0.0961. The van der Waals surface area contributed by atoms with E-state index in [2.05, 4.69) is 34.0 Å². The number of nitrogens with one attached hydrogen (secondary N) is 2. The highest BCUT2D eigenvalue weighted by Gasteiger charge is 2.23. The van der Waals surface area contributed by atoms with E-state index in [9.17, 15) is 8.42 Å². The van der Waals surface area contributed by atoms with Crippen LogP contribution in [0.1, 0.15) is 17.7 Å². The Bertz CT molecular complexity index is 611. The fourth-order valence-electron chi connectivity index (χ4n) is 2.39. The number of thioether (sulfide) groups is 1. The summed E-state index contributed by atoms with van der Waals surface area (Å²) in [5.74, 6) is 2.90. The normalized spacial score (nSPS) is 18.3. The minimum atomic E-state index is -3.18. The number of thiophene rings is 1. The Balaban J connectivity index is 1.73. The standard InChI is InChI=1S/C15H26N4O2S3/c1-13(14-4-3-8-23-14)12-18-15(16-2)17-5-11-24(20,21)19-6-9-22-10-7-19/h3-4,8,13H,5-7,9-12H2,1-2H3,(H2,16,17,18). The van der Waals surface area contributed by atoms with Crippen LogP contribution < -0.4 is 10.6 Å². The summed E-state index contributed by atoms with van der Waals surface area (Å²) in [6.45, 7) is 4.52. The first-order chi connectivity index (χ1) is 11.5. The van der Waals surface area contributed by atoms with Gasteiger partial charge in [0, 0.05) is 55.5 Å². The van der Waals surface area contributed by atoms with Gasteiger partial charge in [0.25, 0.3) is 0 Å². The minimum Gasteiger partial charge on any atom is -0.356 e. The molecule has 0 amide bonds. The van der Waals surface area contributed by atoms with Crippen molar-refractivity contribution in [1.29, 1.82) is 0 Å². The van der Waals surface area contributed by atoms with Crippen molar-refractivity contribution in [3.05, 3.63) is 22.4 Å². The Kier molecular flexibility index (Phi) is 7.86. The van der Waals surface area contributed by atoms with Crippen LogP contribution in [0.2, 0.25) is 0 Å². The van der Waals surface area contributed by atoms with Crippen LogP contribution in [-0.2, 0) is 10.0 Å². The van der Waals surface area contributed by atoms with Gasteiger partial charge in [0.2, 0.25) is 10.0 Å². The van der Waals surface area contributed by atoms with Crippen LogP contribution >= 0.6 is 23.1 Å². The summed E-state index contributed by atoms with van der Waals surface area (Å²) < 4.78 is 26.2. The number of hydrogen-bond donors (Lipinski definition) is 2. The number of nitrogens with zero attached hydrogens (tertiary/aromatic N) is 2. The Morgan fingerprint density at radius 3 is 2.75 bits per heavy atom. The molecule has 0 bridgehead atoms. The molecule has 0 aliphatic carbocycles. The Hall–Kier alpha value is -0.770. The number of guanidine groups is 1. The molecule has 136 valence electrons. The zero-order chi connectivity index (χ0) is 17.4. The van der Waals surface area contributed by atoms with Gasteiger partial charge in [-0.05, 0) is 11.4 Å². The summed E-state index contributed by atoms with van der Waals surface area (Å²) >= 11 is 3.55. The number of aliphatic imine (C=N–C) groups is 1. The van der Waals surface area contributed by atoms with E-state index in [0.717, 1.165) is 18.1 Å². The first-order valence-corrected chi connectivity index (χ1v) is 11.7. The zero-order valence-corrected chi connectivity index (χ0v) is 16.6. The third-order valence-corrected chi connectivity index (χ3v) is 7.76. The van der Waals surface area contributed by atoms with E-state index in [1.54, 1.807) is 34.5 Å². The number of hydrogen-bond acceptors (Lipinski definition) is 5. The predicted octanol–water partition coefficient (Wildman–Crippen LogP) is 1.40. The van der Waals surface area contributed by atoms with Gasteiger partial charge in [-0.1, -0.05) is 13.0 Å². The average molecular weight is 391 g/mol. The van der Waals surface area contributed by atoms with Crippen LogP contribution in [0, 0.1) is 0 Å². The van der Waals surface area contributed by atoms with Crippen molar-refractivity contribution in [2.24, 2.45) is 4.99 Å². The summed E-state index contributed by atoms with van der Waals surface area (Å²) in [7, 11) is -1.48. The lowest BCUT2D eigenvalue weighted by atomic mass is 10.1. The van der Waals surface area contributed by atoms with Gasteiger partial charge in [-0.3, -0.25) is 4.99 Å². The molecule has 1 aliphatic heterocycles. The van der Waals surface area contributed by atoms with Crippen LogP contribution in [0.25, 0.3) is 0 Å². The lowest BCUT2D eigenvalue weighted by molar-refractivity contribution is 0.443. The summed E-state index contributed by atoms with van der Waals surface area (Å²) in [5.41, 5.74) is 0. The van der Waals surface area contributed by atoms with Crippen LogP contribution in [0.5, 0.6) is 0 Å². The molecule has 1 aromatic heterocycles. The molecule has 24 heavy (non-hydrogen) atoms. The molecule has 0 saturated carbocycles. The molecule has 9 heteroatoms. The maximum absolute atomic E-state index is 12.3. The summed E-state index contributed by atoms with van der Waals surface area (Å²) in [6, 6.07) is 4.17. The molecular formula is C15H26N4O2S3. The second kappa shape index (κ2) is 9.65. The first kappa shape index (κ1) is 19.6. The predicted molar refractivity (Wildman–Crippen MR) is 105 cm³/mol. The molecule has 0 aromatic carbocycles. The van der Waals surface area contributed by atoms with Gasteiger partial charge in [-0.15, -0.1) is 11.3 Å². The summed E-state index contributed by atoms with van der Waals surface area (Å²) in [4.78, 5) is 5.48. The summed E-state index contributed by atoms with van der Waals surface area (Å²) in [6.07, 6.45) is 0. The SMILES string of the molecule is CN=C(NCCS(=O)(=O)N1CCSCC1)NCC(C)c1cccs1. The van der Waals surface area contributed by atoms with Gasteiger partial charge in [0.05, 0.1) is 5.75 Å². The molecule has 1 fully saturated rings.